The fourth-order valence-electron chi connectivity index (χ4n) is 1.68. The SMILES string of the molecule is CC.CC(=O)C1C=CC(c2cnco2)=CCC1. The largest absolute Gasteiger partial charge is 0.444 e. The molecule has 0 N–H and O–H groups in total. The van der Waals surface area contributed by atoms with Gasteiger partial charge in [0.25, 0.3) is 0 Å². The first-order valence-electron chi connectivity index (χ1n) is 6.05. The Balaban J connectivity index is 0.000000686. The van der Waals surface area contributed by atoms with E-state index in [1.54, 1.807) is 13.1 Å². The maximum Gasteiger partial charge on any atom is 0.181 e. The molecule has 1 aromatic rings. The number of Topliss-reactive ketones (excluding diaryl/α,β-unsaturated/α-hetero) is 1. The summed E-state index contributed by atoms with van der Waals surface area (Å²) in [5.41, 5.74) is 1.01. The van der Waals surface area contributed by atoms with Crippen LogP contribution in [0.15, 0.2) is 35.2 Å². The Morgan fingerprint density at radius 1 is 1.47 bits per heavy atom. The highest BCUT2D eigenvalue weighted by atomic mass is 16.3. The van der Waals surface area contributed by atoms with Crippen LogP contribution in [0.25, 0.3) is 5.57 Å². The highest BCUT2D eigenvalue weighted by molar-refractivity contribution is 5.81. The van der Waals surface area contributed by atoms with Gasteiger partial charge in [0.2, 0.25) is 0 Å². The molecular formula is C14H19NO2. The third kappa shape index (κ3) is 3.70. The van der Waals surface area contributed by atoms with Crippen LogP contribution in [0.3, 0.4) is 0 Å². The summed E-state index contributed by atoms with van der Waals surface area (Å²) in [5, 5.41) is 0. The first-order chi connectivity index (χ1) is 8.27. The summed E-state index contributed by atoms with van der Waals surface area (Å²) in [5.74, 6) is 1.02. The molecule has 1 aliphatic carbocycles. The van der Waals surface area contributed by atoms with Gasteiger partial charge in [-0.3, -0.25) is 4.79 Å². The Labute approximate surface area is 102 Å². The minimum Gasteiger partial charge on any atom is -0.444 e. The number of oxazole rings is 1. The predicted molar refractivity (Wildman–Crippen MR) is 68.4 cm³/mol. The van der Waals surface area contributed by atoms with Crippen LogP contribution in [0.2, 0.25) is 0 Å². The van der Waals surface area contributed by atoms with E-state index in [1.165, 1.54) is 6.39 Å². The molecule has 17 heavy (non-hydrogen) atoms. The fraction of sp³-hybridized carbons (Fsp3) is 0.429. The molecule has 3 heteroatoms. The number of aromatic nitrogens is 1. The highest BCUT2D eigenvalue weighted by Crippen LogP contribution is 2.23. The van der Waals surface area contributed by atoms with Gasteiger partial charge in [0.05, 0.1) is 6.20 Å². The van der Waals surface area contributed by atoms with E-state index in [2.05, 4.69) is 11.1 Å². The molecule has 3 nitrogen and oxygen atoms in total. The van der Waals surface area contributed by atoms with E-state index in [1.807, 2.05) is 26.0 Å². The summed E-state index contributed by atoms with van der Waals surface area (Å²) in [6, 6.07) is 0. The van der Waals surface area contributed by atoms with Crippen LogP contribution in [-0.2, 0) is 4.79 Å². The molecule has 0 saturated heterocycles. The third-order valence-electron chi connectivity index (χ3n) is 2.59. The van der Waals surface area contributed by atoms with Crippen LogP contribution in [-0.4, -0.2) is 10.8 Å². The van der Waals surface area contributed by atoms with Crippen molar-refractivity contribution in [2.75, 3.05) is 0 Å². The van der Waals surface area contributed by atoms with Gasteiger partial charge in [0.15, 0.2) is 12.2 Å². The minimum absolute atomic E-state index is 0.0432. The molecule has 1 atom stereocenters. The van der Waals surface area contributed by atoms with Crippen molar-refractivity contribution in [3.05, 3.63) is 36.6 Å². The molecule has 0 fully saturated rings. The van der Waals surface area contributed by atoms with E-state index in [-0.39, 0.29) is 11.7 Å². The number of ketones is 1. The summed E-state index contributed by atoms with van der Waals surface area (Å²) in [7, 11) is 0. The van der Waals surface area contributed by atoms with Crippen LogP contribution in [0.5, 0.6) is 0 Å². The first-order valence-corrected chi connectivity index (χ1v) is 6.05. The van der Waals surface area contributed by atoms with Gasteiger partial charge in [-0.2, -0.15) is 0 Å². The normalized spacial score (nSPS) is 18.8. The number of nitrogens with zero attached hydrogens (tertiary/aromatic N) is 1. The molecule has 1 aromatic heterocycles. The number of allylic oxidation sites excluding steroid dienone is 4. The molecule has 1 aliphatic rings. The van der Waals surface area contributed by atoms with Gasteiger partial charge < -0.3 is 4.42 Å². The molecule has 2 rings (SSSR count). The summed E-state index contributed by atoms with van der Waals surface area (Å²) < 4.78 is 5.21. The van der Waals surface area contributed by atoms with Crippen molar-refractivity contribution in [1.29, 1.82) is 0 Å². The lowest BCUT2D eigenvalue weighted by atomic mass is 10.0. The highest BCUT2D eigenvalue weighted by Gasteiger charge is 2.13. The average Bonchev–Trinajstić information content (AvgIpc) is 2.76. The smallest absolute Gasteiger partial charge is 0.181 e. The molecule has 1 unspecified atom stereocenters. The average molecular weight is 233 g/mol. The monoisotopic (exact) mass is 233 g/mol. The van der Waals surface area contributed by atoms with Crippen molar-refractivity contribution >= 4 is 11.4 Å². The third-order valence-corrected chi connectivity index (χ3v) is 2.59. The van der Waals surface area contributed by atoms with Gasteiger partial charge in [0.1, 0.15) is 5.78 Å². The minimum atomic E-state index is 0.0432. The van der Waals surface area contributed by atoms with E-state index < -0.39 is 0 Å². The molecule has 92 valence electrons. The number of carbonyl (C=O) groups is 1. The van der Waals surface area contributed by atoms with Crippen molar-refractivity contribution in [2.24, 2.45) is 5.92 Å². The van der Waals surface area contributed by atoms with Gasteiger partial charge in [-0.05, 0) is 19.8 Å². The van der Waals surface area contributed by atoms with Gasteiger partial charge in [-0.1, -0.05) is 32.1 Å². The molecule has 0 saturated carbocycles. The maximum absolute atomic E-state index is 11.2. The summed E-state index contributed by atoms with van der Waals surface area (Å²) in [4.78, 5) is 15.1. The second-order valence-electron chi connectivity index (χ2n) is 3.68. The van der Waals surface area contributed by atoms with E-state index >= 15 is 0 Å². The zero-order chi connectivity index (χ0) is 12.7. The Bertz CT molecular complexity index is 402. The van der Waals surface area contributed by atoms with Crippen LogP contribution in [0.1, 0.15) is 39.4 Å². The summed E-state index contributed by atoms with van der Waals surface area (Å²) in [6.45, 7) is 5.63. The zero-order valence-electron chi connectivity index (χ0n) is 10.6. The van der Waals surface area contributed by atoms with Crippen molar-refractivity contribution < 1.29 is 9.21 Å². The molecule has 0 aliphatic heterocycles. The lowest BCUT2D eigenvalue weighted by molar-refractivity contribution is -0.119. The van der Waals surface area contributed by atoms with Crippen LogP contribution in [0.4, 0.5) is 0 Å². The molecule has 0 spiro atoms. The van der Waals surface area contributed by atoms with E-state index in [0.717, 1.165) is 24.2 Å². The Kier molecular flexibility index (Phi) is 5.40. The number of rotatable bonds is 2. The second-order valence-corrected chi connectivity index (χ2v) is 3.68. The van der Waals surface area contributed by atoms with E-state index in [9.17, 15) is 4.79 Å². The van der Waals surface area contributed by atoms with Gasteiger partial charge in [0, 0.05) is 11.5 Å². The maximum atomic E-state index is 11.2. The number of hydrogen-bond acceptors (Lipinski definition) is 3. The summed E-state index contributed by atoms with van der Waals surface area (Å²) >= 11 is 0. The summed E-state index contributed by atoms with van der Waals surface area (Å²) in [6.07, 6.45) is 10.8. The molecule has 0 aromatic carbocycles. The van der Waals surface area contributed by atoms with Gasteiger partial charge >= 0.3 is 0 Å². The zero-order valence-corrected chi connectivity index (χ0v) is 10.6. The topological polar surface area (TPSA) is 43.1 Å². The number of carbonyl (C=O) groups excluding carboxylic acids is 1. The van der Waals surface area contributed by atoms with Crippen molar-refractivity contribution in [3.63, 3.8) is 0 Å². The quantitative estimate of drug-likeness (QED) is 0.783. The number of hydrogen-bond donors (Lipinski definition) is 0. The Hall–Kier alpha value is -1.64. The van der Waals surface area contributed by atoms with E-state index in [4.69, 9.17) is 4.42 Å². The van der Waals surface area contributed by atoms with Crippen molar-refractivity contribution in [1.82, 2.24) is 4.98 Å². The van der Waals surface area contributed by atoms with Crippen LogP contribution >= 0.6 is 0 Å². The van der Waals surface area contributed by atoms with Crippen molar-refractivity contribution in [3.8, 4) is 0 Å². The predicted octanol–water partition coefficient (Wildman–Crippen LogP) is 3.64. The van der Waals surface area contributed by atoms with Crippen LogP contribution in [0, 0.1) is 5.92 Å². The van der Waals surface area contributed by atoms with Crippen molar-refractivity contribution in [2.45, 2.75) is 33.6 Å². The molecule has 0 amide bonds. The molecule has 1 heterocycles. The van der Waals surface area contributed by atoms with E-state index in [0.29, 0.717) is 0 Å². The lowest BCUT2D eigenvalue weighted by Gasteiger charge is -2.03. The Morgan fingerprint density at radius 3 is 2.82 bits per heavy atom. The standard InChI is InChI=1S/C12H13NO2.C2H6/c1-9(14)10-3-2-4-11(6-5-10)12-7-13-8-15-12;1-2/h4-8,10H,2-3H2,1H3;1-2H3. The molecular weight excluding hydrogens is 214 g/mol. The first kappa shape index (κ1) is 13.4. The van der Waals surface area contributed by atoms with Gasteiger partial charge in [-0.25, -0.2) is 4.98 Å². The molecule has 0 radical (unpaired) electrons. The van der Waals surface area contributed by atoms with Crippen LogP contribution < -0.4 is 0 Å². The second kappa shape index (κ2) is 6.84. The molecule has 0 bridgehead atoms. The van der Waals surface area contributed by atoms with Gasteiger partial charge in [-0.15, -0.1) is 0 Å². The lowest BCUT2D eigenvalue weighted by Crippen LogP contribution is -2.06. The fourth-order valence-corrected chi connectivity index (χ4v) is 1.68. The Morgan fingerprint density at radius 2 is 2.24 bits per heavy atom.